The predicted molar refractivity (Wildman–Crippen MR) is 77.7 cm³/mol. The molecule has 1 heterocycles. The average Bonchev–Trinajstić information content (AvgIpc) is 2.77. The maximum Gasteiger partial charge on any atom is 0.307 e. The number of benzene rings is 1. The summed E-state index contributed by atoms with van der Waals surface area (Å²) in [7, 11) is 0. The Bertz CT molecular complexity index is 650. The fourth-order valence-corrected chi connectivity index (χ4v) is 2.25. The lowest BCUT2D eigenvalue weighted by molar-refractivity contribution is -0.116. The van der Waals surface area contributed by atoms with E-state index in [1.54, 1.807) is 29.8 Å². The van der Waals surface area contributed by atoms with Crippen molar-refractivity contribution in [2.45, 2.75) is 13.0 Å². The molecule has 2 aromatic rings. The molecule has 5 nitrogen and oxygen atoms in total. The van der Waals surface area contributed by atoms with Crippen molar-refractivity contribution in [2.75, 3.05) is 11.1 Å². The molecule has 0 saturated heterocycles. The molecule has 19 heavy (non-hydrogen) atoms. The van der Waals surface area contributed by atoms with Gasteiger partial charge >= 0.3 is 4.87 Å². The van der Waals surface area contributed by atoms with E-state index < -0.39 is 0 Å². The van der Waals surface area contributed by atoms with Crippen LogP contribution in [0.3, 0.4) is 0 Å². The van der Waals surface area contributed by atoms with E-state index in [1.165, 1.54) is 4.57 Å². The molecule has 0 saturated carbocycles. The van der Waals surface area contributed by atoms with E-state index in [-0.39, 0.29) is 17.2 Å². The second kappa shape index (κ2) is 5.90. The van der Waals surface area contributed by atoms with Gasteiger partial charge < -0.3 is 15.6 Å². The number of nitrogens with one attached hydrogen (secondary N) is 1. The normalized spacial score (nSPS) is 10.4. The third-order valence-electron chi connectivity index (χ3n) is 2.50. The van der Waals surface area contributed by atoms with Crippen molar-refractivity contribution in [2.24, 2.45) is 0 Å². The van der Waals surface area contributed by atoms with Gasteiger partial charge in [0.05, 0.1) is 10.7 Å². The first-order valence-electron chi connectivity index (χ1n) is 5.55. The van der Waals surface area contributed by atoms with E-state index in [1.807, 2.05) is 0 Å². The van der Waals surface area contributed by atoms with Crippen LogP contribution >= 0.6 is 22.9 Å². The molecule has 1 aromatic carbocycles. The molecule has 3 N–H and O–H groups in total. The largest absolute Gasteiger partial charge is 0.397 e. The second-order valence-electron chi connectivity index (χ2n) is 3.90. The fraction of sp³-hybridized carbons (Fsp3) is 0.167. The Kier molecular flexibility index (Phi) is 4.24. The molecule has 1 amide bonds. The SMILES string of the molecule is Nc1cc(NC(=O)CCn2ccsc2=O)ccc1Cl. The maximum absolute atomic E-state index is 11.7. The Morgan fingerprint density at radius 1 is 1.47 bits per heavy atom. The van der Waals surface area contributed by atoms with Crippen LogP contribution in [0.1, 0.15) is 6.42 Å². The maximum atomic E-state index is 11.7. The fourth-order valence-electron chi connectivity index (χ4n) is 1.52. The van der Waals surface area contributed by atoms with Crippen LogP contribution in [0.25, 0.3) is 0 Å². The van der Waals surface area contributed by atoms with Crippen molar-refractivity contribution < 1.29 is 4.79 Å². The van der Waals surface area contributed by atoms with E-state index in [4.69, 9.17) is 17.3 Å². The summed E-state index contributed by atoms with van der Waals surface area (Å²) in [4.78, 5) is 22.9. The summed E-state index contributed by atoms with van der Waals surface area (Å²) >= 11 is 6.90. The molecule has 0 atom stereocenters. The molecule has 0 fully saturated rings. The molecule has 0 radical (unpaired) electrons. The molecule has 0 spiro atoms. The van der Waals surface area contributed by atoms with Crippen molar-refractivity contribution in [3.05, 3.63) is 44.5 Å². The summed E-state index contributed by atoms with van der Waals surface area (Å²) in [5.74, 6) is -0.181. The molecular formula is C12H12ClN3O2S. The van der Waals surface area contributed by atoms with Crippen molar-refractivity contribution in [1.29, 1.82) is 0 Å². The number of halogens is 1. The zero-order chi connectivity index (χ0) is 13.8. The molecular weight excluding hydrogens is 286 g/mol. The number of anilines is 2. The number of carbonyl (C=O) groups excluding carboxylic acids is 1. The van der Waals surface area contributed by atoms with Gasteiger partial charge in [0, 0.05) is 30.2 Å². The first-order chi connectivity index (χ1) is 9.06. The van der Waals surface area contributed by atoms with E-state index in [0.717, 1.165) is 11.3 Å². The Balaban J connectivity index is 1.92. The van der Waals surface area contributed by atoms with Crippen LogP contribution in [0.4, 0.5) is 11.4 Å². The Morgan fingerprint density at radius 3 is 2.89 bits per heavy atom. The minimum atomic E-state index is -0.181. The van der Waals surface area contributed by atoms with Gasteiger partial charge in [0.15, 0.2) is 0 Å². The number of thiazole rings is 1. The number of carbonyl (C=O) groups is 1. The van der Waals surface area contributed by atoms with E-state index in [9.17, 15) is 9.59 Å². The van der Waals surface area contributed by atoms with Crippen LogP contribution in [0.2, 0.25) is 5.02 Å². The summed E-state index contributed by atoms with van der Waals surface area (Å²) < 4.78 is 1.50. The summed E-state index contributed by atoms with van der Waals surface area (Å²) in [6, 6.07) is 4.89. The minimum absolute atomic E-state index is 0.0662. The van der Waals surface area contributed by atoms with Gasteiger partial charge in [-0.3, -0.25) is 9.59 Å². The van der Waals surface area contributed by atoms with Gasteiger partial charge in [0.1, 0.15) is 0 Å². The van der Waals surface area contributed by atoms with Gasteiger partial charge in [-0.15, -0.1) is 0 Å². The lowest BCUT2D eigenvalue weighted by Gasteiger charge is -2.07. The van der Waals surface area contributed by atoms with Gasteiger partial charge in [0.25, 0.3) is 0 Å². The lowest BCUT2D eigenvalue weighted by atomic mass is 10.2. The number of hydrogen-bond donors (Lipinski definition) is 2. The number of aromatic nitrogens is 1. The monoisotopic (exact) mass is 297 g/mol. The van der Waals surface area contributed by atoms with Crippen molar-refractivity contribution in [3.63, 3.8) is 0 Å². The highest BCUT2D eigenvalue weighted by Crippen LogP contribution is 2.22. The Labute approximate surface area is 118 Å². The summed E-state index contributed by atoms with van der Waals surface area (Å²) in [6.07, 6.45) is 1.89. The van der Waals surface area contributed by atoms with Crippen LogP contribution in [0, 0.1) is 0 Å². The quantitative estimate of drug-likeness (QED) is 0.849. The van der Waals surface area contributed by atoms with Gasteiger partial charge in [-0.05, 0) is 18.2 Å². The number of nitrogens with two attached hydrogens (primary N) is 1. The molecule has 0 aliphatic heterocycles. The minimum Gasteiger partial charge on any atom is -0.397 e. The first kappa shape index (κ1) is 13.6. The summed E-state index contributed by atoms with van der Waals surface area (Å²) in [6.45, 7) is 0.358. The molecule has 0 bridgehead atoms. The zero-order valence-corrected chi connectivity index (χ0v) is 11.5. The number of amides is 1. The van der Waals surface area contributed by atoms with Crippen LogP contribution in [0.15, 0.2) is 34.6 Å². The highest BCUT2D eigenvalue weighted by Gasteiger charge is 2.05. The number of nitrogen functional groups attached to an aromatic ring is 1. The second-order valence-corrected chi connectivity index (χ2v) is 5.16. The highest BCUT2D eigenvalue weighted by molar-refractivity contribution is 7.07. The molecule has 7 heteroatoms. The number of hydrogen-bond acceptors (Lipinski definition) is 4. The lowest BCUT2D eigenvalue weighted by Crippen LogP contribution is -2.18. The third kappa shape index (κ3) is 3.59. The molecule has 0 aliphatic rings. The smallest absolute Gasteiger partial charge is 0.307 e. The van der Waals surface area contributed by atoms with E-state index in [2.05, 4.69) is 5.32 Å². The predicted octanol–water partition coefficient (Wildman–Crippen LogP) is 2.17. The van der Waals surface area contributed by atoms with Gasteiger partial charge in [-0.1, -0.05) is 22.9 Å². The van der Waals surface area contributed by atoms with E-state index in [0.29, 0.717) is 22.9 Å². The van der Waals surface area contributed by atoms with Crippen LogP contribution in [-0.2, 0) is 11.3 Å². The summed E-state index contributed by atoms with van der Waals surface area (Å²) in [5, 5.41) is 4.84. The molecule has 0 aliphatic carbocycles. The number of rotatable bonds is 4. The molecule has 0 unspecified atom stereocenters. The highest BCUT2D eigenvalue weighted by atomic mass is 35.5. The Hall–Kier alpha value is -1.79. The standard InChI is InChI=1S/C12H12ClN3O2S/c13-9-2-1-8(7-10(9)14)15-11(17)3-4-16-5-6-19-12(16)18/h1-2,5-7H,3-4,14H2,(H,15,17). The van der Waals surface area contributed by atoms with Gasteiger partial charge in [-0.2, -0.15) is 0 Å². The van der Waals surface area contributed by atoms with Crippen molar-refractivity contribution >= 4 is 40.2 Å². The van der Waals surface area contributed by atoms with Crippen LogP contribution in [-0.4, -0.2) is 10.5 Å². The molecule has 2 rings (SSSR count). The number of nitrogens with zero attached hydrogens (tertiary/aromatic N) is 1. The topological polar surface area (TPSA) is 77.1 Å². The number of aryl methyl sites for hydroxylation is 1. The van der Waals surface area contributed by atoms with Gasteiger partial charge in [-0.25, -0.2) is 0 Å². The van der Waals surface area contributed by atoms with Crippen molar-refractivity contribution in [3.8, 4) is 0 Å². The molecule has 100 valence electrons. The van der Waals surface area contributed by atoms with E-state index >= 15 is 0 Å². The Morgan fingerprint density at radius 2 is 2.26 bits per heavy atom. The molecule has 1 aromatic heterocycles. The third-order valence-corrected chi connectivity index (χ3v) is 3.54. The zero-order valence-electron chi connectivity index (χ0n) is 9.93. The van der Waals surface area contributed by atoms with Crippen molar-refractivity contribution in [1.82, 2.24) is 4.57 Å². The van der Waals surface area contributed by atoms with Gasteiger partial charge in [0.2, 0.25) is 5.91 Å². The van der Waals surface area contributed by atoms with Crippen LogP contribution in [0.5, 0.6) is 0 Å². The van der Waals surface area contributed by atoms with Crippen LogP contribution < -0.4 is 15.9 Å². The first-order valence-corrected chi connectivity index (χ1v) is 6.81. The average molecular weight is 298 g/mol. The summed E-state index contributed by atoms with van der Waals surface area (Å²) in [5.41, 5.74) is 6.64.